The van der Waals surface area contributed by atoms with Crippen LogP contribution in [-0.2, 0) is 0 Å². The van der Waals surface area contributed by atoms with Gasteiger partial charge in [-0.2, -0.15) is 0 Å². The molecule has 0 amide bonds. The molecule has 1 aromatic carbocycles. The van der Waals surface area contributed by atoms with Gasteiger partial charge in [0.15, 0.2) is 0 Å². The monoisotopic (exact) mass is 356 g/mol. The van der Waals surface area contributed by atoms with Gasteiger partial charge in [0.2, 0.25) is 11.6 Å². The lowest BCUT2D eigenvalue weighted by Gasteiger charge is -2.11. The van der Waals surface area contributed by atoms with E-state index in [0.29, 0.717) is 16.4 Å². The first-order valence-electron chi connectivity index (χ1n) is 7.24. The molecule has 0 atom stereocenters. The van der Waals surface area contributed by atoms with Crippen molar-refractivity contribution in [1.29, 1.82) is 0 Å². The summed E-state index contributed by atoms with van der Waals surface area (Å²) in [5.41, 5.74) is 1.81. The highest BCUT2D eigenvalue weighted by atomic mass is 35.5. The highest BCUT2D eigenvalue weighted by Gasteiger charge is 2.23. The minimum absolute atomic E-state index is 0.0650. The van der Waals surface area contributed by atoms with Gasteiger partial charge in [-0.05, 0) is 36.8 Å². The van der Waals surface area contributed by atoms with Crippen LogP contribution in [0.3, 0.4) is 0 Å². The fraction of sp³-hybridized carbons (Fsp3) is 0.0625. The predicted molar refractivity (Wildman–Crippen MR) is 95.7 cm³/mol. The molecule has 8 nitrogen and oxygen atoms in total. The second kappa shape index (κ2) is 7.10. The molecule has 3 rings (SSSR count). The van der Waals surface area contributed by atoms with Crippen LogP contribution in [0.1, 0.15) is 5.56 Å². The van der Waals surface area contributed by atoms with Crippen molar-refractivity contribution in [3.05, 3.63) is 69.8 Å². The van der Waals surface area contributed by atoms with Crippen molar-refractivity contribution < 1.29 is 4.92 Å². The largest absolute Gasteiger partial charge is 0.353 e. The van der Waals surface area contributed by atoms with Crippen molar-refractivity contribution >= 4 is 40.3 Å². The zero-order valence-electron chi connectivity index (χ0n) is 13.1. The van der Waals surface area contributed by atoms with E-state index in [0.717, 1.165) is 5.56 Å². The van der Waals surface area contributed by atoms with Gasteiger partial charge in [0, 0.05) is 16.9 Å². The molecule has 2 N–H and O–H groups in total. The molecule has 0 aliphatic heterocycles. The Morgan fingerprint density at radius 1 is 1.16 bits per heavy atom. The zero-order valence-corrected chi connectivity index (χ0v) is 13.9. The Morgan fingerprint density at radius 3 is 2.60 bits per heavy atom. The third-order valence-electron chi connectivity index (χ3n) is 3.38. The Bertz CT molecular complexity index is 920. The van der Waals surface area contributed by atoms with E-state index in [-0.39, 0.29) is 17.3 Å². The van der Waals surface area contributed by atoms with Gasteiger partial charge in [0.05, 0.1) is 16.8 Å². The van der Waals surface area contributed by atoms with E-state index in [9.17, 15) is 10.1 Å². The summed E-state index contributed by atoms with van der Waals surface area (Å²) in [7, 11) is 0. The standard InChI is InChI=1S/C16H13ClN6O2/c1-10-4-5-11(17)7-13(10)22-16-14(23(24)25)15(19-9-20-16)21-12-3-2-6-18-8-12/h2-9H,1H3,(H2,19,20,21,22). The fourth-order valence-electron chi connectivity index (χ4n) is 2.16. The number of benzene rings is 1. The van der Waals surface area contributed by atoms with Crippen molar-refractivity contribution in [3.8, 4) is 0 Å². The quantitative estimate of drug-likeness (QED) is 0.520. The molecule has 25 heavy (non-hydrogen) atoms. The number of aryl methyl sites for hydroxylation is 1. The number of anilines is 4. The maximum absolute atomic E-state index is 11.6. The first-order valence-corrected chi connectivity index (χ1v) is 7.62. The number of nitrogens with zero attached hydrogens (tertiary/aromatic N) is 4. The molecule has 2 heterocycles. The number of nitro groups is 1. The van der Waals surface area contributed by atoms with E-state index in [1.807, 2.05) is 13.0 Å². The van der Waals surface area contributed by atoms with E-state index < -0.39 is 4.92 Å². The highest BCUT2D eigenvalue weighted by Crippen LogP contribution is 2.34. The Labute approximate surface area is 148 Å². The summed E-state index contributed by atoms with van der Waals surface area (Å²) in [6.07, 6.45) is 4.39. The third-order valence-corrected chi connectivity index (χ3v) is 3.62. The molecule has 0 saturated heterocycles. The van der Waals surface area contributed by atoms with Crippen LogP contribution in [0.15, 0.2) is 49.1 Å². The number of pyridine rings is 1. The van der Waals surface area contributed by atoms with Crippen LogP contribution >= 0.6 is 11.6 Å². The Morgan fingerprint density at radius 2 is 1.92 bits per heavy atom. The molecule has 9 heteroatoms. The average molecular weight is 357 g/mol. The van der Waals surface area contributed by atoms with Gasteiger partial charge in [-0.3, -0.25) is 15.1 Å². The second-order valence-electron chi connectivity index (χ2n) is 5.13. The first kappa shape index (κ1) is 16.6. The SMILES string of the molecule is Cc1ccc(Cl)cc1Nc1ncnc(Nc2cccnc2)c1[N+](=O)[O-]. The van der Waals surface area contributed by atoms with Gasteiger partial charge in [-0.25, -0.2) is 9.97 Å². The van der Waals surface area contributed by atoms with Gasteiger partial charge < -0.3 is 10.6 Å². The molecule has 0 fully saturated rings. The predicted octanol–water partition coefficient (Wildman–Crippen LogP) is 4.23. The van der Waals surface area contributed by atoms with Crippen LogP contribution in [-0.4, -0.2) is 19.9 Å². The molecule has 0 spiro atoms. The summed E-state index contributed by atoms with van der Waals surface area (Å²) in [4.78, 5) is 23.0. The van der Waals surface area contributed by atoms with E-state index in [2.05, 4.69) is 25.6 Å². The van der Waals surface area contributed by atoms with Gasteiger partial charge in [-0.1, -0.05) is 17.7 Å². The summed E-state index contributed by atoms with van der Waals surface area (Å²) in [6, 6.07) is 8.67. The number of rotatable bonds is 5. The lowest BCUT2D eigenvalue weighted by atomic mass is 10.2. The van der Waals surface area contributed by atoms with Crippen molar-refractivity contribution in [1.82, 2.24) is 15.0 Å². The Balaban J connectivity index is 2.01. The number of hydrogen-bond donors (Lipinski definition) is 2. The normalized spacial score (nSPS) is 10.3. The van der Waals surface area contributed by atoms with E-state index in [1.165, 1.54) is 6.33 Å². The number of nitrogens with one attached hydrogen (secondary N) is 2. The molecule has 0 unspecified atom stereocenters. The fourth-order valence-corrected chi connectivity index (χ4v) is 2.34. The molecule has 126 valence electrons. The third kappa shape index (κ3) is 3.81. The molecule has 0 radical (unpaired) electrons. The molecule has 3 aromatic rings. The van der Waals surface area contributed by atoms with Crippen molar-refractivity contribution in [2.75, 3.05) is 10.6 Å². The maximum atomic E-state index is 11.6. The van der Waals surface area contributed by atoms with E-state index >= 15 is 0 Å². The minimum Gasteiger partial charge on any atom is -0.334 e. The summed E-state index contributed by atoms with van der Waals surface area (Å²) >= 11 is 6.00. The number of aromatic nitrogens is 3. The van der Waals surface area contributed by atoms with E-state index in [4.69, 9.17) is 11.6 Å². The smallest absolute Gasteiger partial charge is 0.334 e. The molecular weight excluding hydrogens is 344 g/mol. The Kier molecular flexibility index (Phi) is 4.71. The van der Waals surface area contributed by atoms with Crippen LogP contribution in [0.4, 0.5) is 28.7 Å². The lowest BCUT2D eigenvalue weighted by molar-refractivity contribution is -0.383. The van der Waals surface area contributed by atoms with Gasteiger partial charge in [0.1, 0.15) is 6.33 Å². The van der Waals surface area contributed by atoms with Crippen LogP contribution in [0.5, 0.6) is 0 Å². The summed E-state index contributed by atoms with van der Waals surface area (Å²) in [5, 5.41) is 17.9. The van der Waals surface area contributed by atoms with Gasteiger partial charge in [-0.15, -0.1) is 0 Å². The summed E-state index contributed by atoms with van der Waals surface area (Å²) < 4.78 is 0. The molecule has 0 bridgehead atoms. The summed E-state index contributed by atoms with van der Waals surface area (Å²) in [6.45, 7) is 1.86. The van der Waals surface area contributed by atoms with Crippen LogP contribution < -0.4 is 10.6 Å². The van der Waals surface area contributed by atoms with Crippen LogP contribution in [0.25, 0.3) is 0 Å². The van der Waals surface area contributed by atoms with Crippen molar-refractivity contribution in [3.63, 3.8) is 0 Å². The maximum Gasteiger partial charge on any atom is 0.353 e. The number of halogens is 1. The minimum atomic E-state index is -0.541. The average Bonchev–Trinajstić information content (AvgIpc) is 2.59. The molecular formula is C16H13ClN6O2. The lowest BCUT2D eigenvalue weighted by Crippen LogP contribution is -2.06. The first-order chi connectivity index (χ1) is 12.0. The number of hydrogen-bond acceptors (Lipinski definition) is 7. The topological polar surface area (TPSA) is 106 Å². The zero-order chi connectivity index (χ0) is 17.8. The molecule has 0 aliphatic rings. The van der Waals surface area contributed by atoms with Gasteiger partial charge in [0.25, 0.3) is 0 Å². The van der Waals surface area contributed by atoms with Crippen LogP contribution in [0, 0.1) is 17.0 Å². The summed E-state index contributed by atoms with van der Waals surface area (Å²) in [5.74, 6) is 0.131. The highest BCUT2D eigenvalue weighted by molar-refractivity contribution is 6.30. The molecule has 2 aromatic heterocycles. The molecule has 0 aliphatic carbocycles. The van der Waals surface area contributed by atoms with E-state index in [1.54, 1.807) is 36.7 Å². The van der Waals surface area contributed by atoms with Crippen LogP contribution in [0.2, 0.25) is 5.02 Å². The Hall–Kier alpha value is -3.26. The van der Waals surface area contributed by atoms with Crippen molar-refractivity contribution in [2.45, 2.75) is 6.92 Å². The second-order valence-corrected chi connectivity index (χ2v) is 5.56. The molecule has 0 saturated carbocycles. The van der Waals surface area contributed by atoms with Crippen molar-refractivity contribution in [2.24, 2.45) is 0 Å². The van der Waals surface area contributed by atoms with Gasteiger partial charge >= 0.3 is 5.69 Å².